The van der Waals surface area contributed by atoms with Gasteiger partial charge in [-0.15, -0.1) is 0 Å². The van der Waals surface area contributed by atoms with Crippen molar-refractivity contribution in [2.75, 3.05) is 26.4 Å². The van der Waals surface area contributed by atoms with Crippen LogP contribution in [0.4, 0.5) is 0 Å². The minimum absolute atomic E-state index is 0.00254. The highest BCUT2D eigenvalue weighted by Crippen LogP contribution is 2.25. The lowest BCUT2D eigenvalue weighted by atomic mass is 9.98. The Morgan fingerprint density at radius 2 is 2.16 bits per heavy atom. The average Bonchev–Trinajstić information content (AvgIpc) is 3.16. The summed E-state index contributed by atoms with van der Waals surface area (Å²) < 4.78 is 13.2. The molecule has 0 N–H and O–H groups in total. The van der Waals surface area contributed by atoms with E-state index in [4.69, 9.17) is 9.47 Å². The van der Waals surface area contributed by atoms with Gasteiger partial charge in [-0.25, -0.2) is 0 Å². The summed E-state index contributed by atoms with van der Waals surface area (Å²) >= 11 is 0. The average molecular weight is 342 g/mol. The van der Waals surface area contributed by atoms with E-state index in [1.165, 1.54) is 0 Å². The lowest BCUT2D eigenvalue weighted by Gasteiger charge is -2.36. The number of hydrogen-bond acceptors (Lipinski definition) is 5. The molecule has 1 saturated heterocycles. The molecule has 25 heavy (non-hydrogen) atoms. The summed E-state index contributed by atoms with van der Waals surface area (Å²) in [5.74, 6) is 1.02. The summed E-state index contributed by atoms with van der Waals surface area (Å²) in [6, 6.07) is 5.70. The Bertz CT molecular complexity index is 712. The first-order chi connectivity index (χ1) is 12.3. The van der Waals surface area contributed by atoms with E-state index in [0.717, 1.165) is 24.3 Å². The van der Waals surface area contributed by atoms with Crippen LogP contribution in [0.5, 0.6) is 5.75 Å². The van der Waals surface area contributed by atoms with Crippen LogP contribution >= 0.6 is 0 Å². The van der Waals surface area contributed by atoms with Crippen molar-refractivity contribution >= 4 is 5.91 Å². The number of carbonyl (C=O) groups excluding carboxylic acids is 1. The monoisotopic (exact) mass is 342 g/mol. The Morgan fingerprint density at radius 3 is 2.96 bits per heavy atom. The van der Waals surface area contributed by atoms with Crippen molar-refractivity contribution in [3.8, 4) is 5.75 Å². The van der Waals surface area contributed by atoms with Gasteiger partial charge in [0.05, 0.1) is 18.4 Å². The Labute approximate surface area is 146 Å². The molecule has 1 fully saturated rings. The number of carbonyl (C=O) groups is 1. The smallest absolute Gasteiger partial charge is 0.226 e. The quantitative estimate of drug-likeness (QED) is 0.845. The molecule has 132 valence electrons. The molecule has 0 saturated carbocycles. The predicted molar refractivity (Wildman–Crippen MR) is 90.0 cm³/mol. The lowest BCUT2D eigenvalue weighted by Crippen LogP contribution is -2.46. The molecule has 7 heteroatoms. The van der Waals surface area contributed by atoms with Gasteiger partial charge in [-0.1, -0.05) is 0 Å². The van der Waals surface area contributed by atoms with Crippen LogP contribution < -0.4 is 4.74 Å². The number of amides is 1. The van der Waals surface area contributed by atoms with Crippen LogP contribution in [0.3, 0.4) is 0 Å². The Hall–Kier alpha value is -2.41. The summed E-state index contributed by atoms with van der Waals surface area (Å²) in [7, 11) is 0. The molecule has 0 spiro atoms. The minimum Gasteiger partial charge on any atom is -0.490 e. The molecule has 1 unspecified atom stereocenters. The zero-order valence-electron chi connectivity index (χ0n) is 14.1. The molecule has 0 aliphatic carbocycles. The van der Waals surface area contributed by atoms with Crippen molar-refractivity contribution in [1.29, 1.82) is 0 Å². The summed E-state index contributed by atoms with van der Waals surface area (Å²) in [6.07, 6.45) is 6.82. The Balaban J connectivity index is 1.46. The highest BCUT2D eigenvalue weighted by molar-refractivity contribution is 5.79. The Morgan fingerprint density at radius 1 is 1.28 bits per heavy atom. The van der Waals surface area contributed by atoms with E-state index in [9.17, 15) is 4.79 Å². The zero-order chi connectivity index (χ0) is 17.1. The molecule has 2 aliphatic heterocycles. The number of ether oxygens (including phenoxy) is 2. The van der Waals surface area contributed by atoms with E-state index in [-0.39, 0.29) is 17.9 Å². The molecular formula is C18H22N4O3. The van der Waals surface area contributed by atoms with Crippen LogP contribution in [0.1, 0.15) is 24.6 Å². The van der Waals surface area contributed by atoms with E-state index in [0.29, 0.717) is 32.9 Å². The third-order valence-electron chi connectivity index (χ3n) is 4.84. The molecule has 2 aromatic heterocycles. The zero-order valence-corrected chi connectivity index (χ0v) is 14.1. The van der Waals surface area contributed by atoms with Gasteiger partial charge in [-0.05, 0) is 31.0 Å². The van der Waals surface area contributed by atoms with Crippen molar-refractivity contribution in [2.24, 2.45) is 5.92 Å². The SMILES string of the molecule is O=C(C1CCOCC1)N1Cc2ccnn2C(COc2cccnc2)C1. The predicted octanol–water partition coefficient (Wildman–Crippen LogP) is 1.67. The van der Waals surface area contributed by atoms with Gasteiger partial charge in [0.25, 0.3) is 0 Å². The molecular weight excluding hydrogens is 320 g/mol. The fraction of sp³-hybridized carbons (Fsp3) is 0.500. The second kappa shape index (κ2) is 7.23. The lowest BCUT2D eigenvalue weighted by molar-refractivity contribution is -0.140. The van der Waals surface area contributed by atoms with Gasteiger partial charge >= 0.3 is 0 Å². The van der Waals surface area contributed by atoms with E-state index in [1.54, 1.807) is 18.6 Å². The highest BCUT2D eigenvalue weighted by atomic mass is 16.5. The molecule has 0 aromatic carbocycles. The molecule has 7 nitrogen and oxygen atoms in total. The normalized spacial score (nSPS) is 21.0. The van der Waals surface area contributed by atoms with Crippen LogP contribution in [0.25, 0.3) is 0 Å². The molecule has 2 aromatic rings. The number of pyridine rings is 1. The van der Waals surface area contributed by atoms with E-state index in [1.807, 2.05) is 27.8 Å². The standard InChI is InChI=1S/C18H22N4O3/c23-18(14-4-8-24-9-5-14)21-11-15-3-7-20-22(15)16(12-21)13-25-17-2-1-6-19-10-17/h1-3,6-7,10,14,16H,4-5,8-9,11-13H2. The maximum absolute atomic E-state index is 12.9. The first-order valence-corrected chi connectivity index (χ1v) is 8.73. The van der Waals surface area contributed by atoms with Crippen molar-refractivity contribution in [1.82, 2.24) is 19.7 Å². The van der Waals surface area contributed by atoms with Crippen molar-refractivity contribution in [3.63, 3.8) is 0 Å². The van der Waals surface area contributed by atoms with Gasteiger partial charge in [-0.2, -0.15) is 5.10 Å². The topological polar surface area (TPSA) is 69.5 Å². The molecule has 0 radical (unpaired) electrons. The molecule has 1 amide bonds. The number of aromatic nitrogens is 3. The maximum Gasteiger partial charge on any atom is 0.226 e. The van der Waals surface area contributed by atoms with Gasteiger partial charge in [-0.3, -0.25) is 14.5 Å². The van der Waals surface area contributed by atoms with Crippen LogP contribution in [-0.2, 0) is 16.1 Å². The van der Waals surface area contributed by atoms with E-state index in [2.05, 4.69) is 10.1 Å². The van der Waals surface area contributed by atoms with Crippen LogP contribution in [0.15, 0.2) is 36.8 Å². The van der Waals surface area contributed by atoms with Gasteiger partial charge in [0.1, 0.15) is 18.4 Å². The summed E-state index contributed by atoms with van der Waals surface area (Å²) in [4.78, 5) is 18.9. The second-order valence-corrected chi connectivity index (χ2v) is 6.53. The van der Waals surface area contributed by atoms with Gasteiger partial charge in [0.15, 0.2) is 0 Å². The number of fused-ring (bicyclic) bond motifs is 1. The third-order valence-corrected chi connectivity index (χ3v) is 4.84. The third kappa shape index (κ3) is 3.51. The van der Waals surface area contributed by atoms with Crippen molar-refractivity contribution in [2.45, 2.75) is 25.4 Å². The maximum atomic E-state index is 12.9. The molecule has 1 atom stereocenters. The number of hydrogen-bond donors (Lipinski definition) is 0. The molecule has 0 bridgehead atoms. The summed E-state index contributed by atoms with van der Waals surface area (Å²) in [5.41, 5.74) is 1.05. The molecule has 2 aliphatic rings. The summed E-state index contributed by atoms with van der Waals surface area (Å²) in [5, 5.41) is 4.42. The van der Waals surface area contributed by atoms with Gasteiger partial charge < -0.3 is 14.4 Å². The fourth-order valence-electron chi connectivity index (χ4n) is 3.51. The number of nitrogens with zero attached hydrogens (tertiary/aromatic N) is 4. The van der Waals surface area contributed by atoms with Crippen LogP contribution in [0, 0.1) is 5.92 Å². The van der Waals surface area contributed by atoms with Gasteiger partial charge in [0.2, 0.25) is 5.91 Å². The summed E-state index contributed by atoms with van der Waals surface area (Å²) in [6.45, 7) is 3.04. The minimum atomic E-state index is 0.00254. The largest absolute Gasteiger partial charge is 0.490 e. The van der Waals surface area contributed by atoms with Crippen molar-refractivity contribution < 1.29 is 14.3 Å². The Kier molecular flexibility index (Phi) is 4.65. The fourth-order valence-corrected chi connectivity index (χ4v) is 3.51. The molecule has 4 rings (SSSR count). The van der Waals surface area contributed by atoms with Crippen molar-refractivity contribution in [3.05, 3.63) is 42.5 Å². The van der Waals surface area contributed by atoms with Gasteiger partial charge in [0, 0.05) is 38.1 Å². The number of rotatable bonds is 4. The first kappa shape index (κ1) is 16.1. The van der Waals surface area contributed by atoms with E-state index >= 15 is 0 Å². The highest BCUT2D eigenvalue weighted by Gasteiger charge is 2.33. The second-order valence-electron chi connectivity index (χ2n) is 6.53. The van der Waals surface area contributed by atoms with Crippen LogP contribution in [-0.4, -0.2) is 51.9 Å². The van der Waals surface area contributed by atoms with E-state index < -0.39 is 0 Å². The first-order valence-electron chi connectivity index (χ1n) is 8.73. The molecule has 4 heterocycles. The van der Waals surface area contributed by atoms with Crippen LogP contribution in [0.2, 0.25) is 0 Å².